The molecule has 23 heavy (non-hydrogen) atoms. The van der Waals surface area contributed by atoms with Crippen molar-refractivity contribution in [2.24, 2.45) is 0 Å². The van der Waals surface area contributed by atoms with E-state index >= 15 is 0 Å². The molecule has 0 heterocycles. The van der Waals surface area contributed by atoms with Crippen LogP contribution in [-0.2, 0) is 15.8 Å². The van der Waals surface area contributed by atoms with E-state index in [1.165, 1.54) is 0 Å². The van der Waals surface area contributed by atoms with Crippen LogP contribution in [0.25, 0.3) is 0 Å². The molecule has 0 unspecified atom stereocenters. The second-order valence-electron chi connectivity index (χ2n) is 5.40. The van der Waals surface area contributed by atoms with Crippen LogP contribution in [0.2, 0.25) is 0 Å². The number of hydrogen-bond acceptors (Lipinski definition) is 3. The van der Waals surface area contributed by atoms with Gasteiger partial charge in [0.05, 0.1) is 5.75 Å². The van der Waals surface area contributed by atoms with Crippen molar-refractivity contribution >= 4 is 26.0 Å². The fourth-order valence-electron chi connectivity index (χ4n) is 2.12. The number of ether oxygens (including phenoxy) is 1. The quantitative estimate of drug-likeness (QED) is 0.726. The van der Waals surface area contributed by atoms with Crippen LogP contribution in [0.1, 0.15) is 16.7 Å². The summed E-state index contributed by atoms with van der Waals surface area (Å²) < 4.78 is 33.2. The van der Waals surface area contributed by atoms with E-state index in [1.807, 2.05) is 44.2 Å². The normalized spacial score (nSPS) is 11.4. The van der Waals surface area contributed by atoms with E-state index in [9.17, 15) is 8.42 Å². The van der Waals surface area contributed by atoms with Crippen LogP contribution in [0.4, 0.5) is 0 Å². The lowest BCUT2D eigenvalue weighted by molar-refractivity contribution is 0.320. The largest absolute Gasteiger partial charge is 0.492 e. The maximum Gasteiger partial charge on any atom is 0.215 e. The van der Waals surface area contributed by atoms with Gasteiger partial charge in [-0.3, -0.25) is 0 Å². The van der Waals surface area contributed by atoms with Gasteiger partial charge in [0.2, 0.25) is 10.0 Å². The smallest absolute Gasteiger partial charge is 0.215 e. The maximum absolute atomic E-state index is 12.1. The van der Waals surface area contributed by atoms with E-state index in [4.69, 9.17) is 4.74 Å². The van der Waals surface area contributed by atoms with E-state index in [0.29, 0.717) is 6.61 Å². The molecule has 0 aliphatic heterocycles. The molecule has 124 valence electrons. The van der Waals surface area contributed by atoms with Gasteiger partial charge >= 0.3 is 0 Å². The average molecular weight is 398 g/mol. The molecule has 0 saturated heterocycles. The zero-order chi connectivity index (χ0) is 16.9. The first kappa shape index (κ1) is 18.0. The van der Waals surface area contributed by atoms with E-state index in [-0.39, 0.29) is 12.3 Å². The summed E-state index contributed by atoms with van der Waals surface area (Å²) in [5.74, 6) is 0.742. The maximum atomic E-state index is 12.1. The van der Waals surface area contributed by atoms with E-state index in [2.05, 4.69) is 20.7 Å². The minimum absolute atomic E-state index is 0.0457. The molecule has 2 rings (SSSR count). The van der Waals surface area contributed by atoms with Crippen molar-refractivity contribution < 1.29 is 13.2 Å². The third-order valence-corrected chi connectivity index (χ3v) is 5.12. The molecule has 2 aromatic carbocycles. The first-order chi connectivity index (χ1) is 10.9. The second-order valence-corrected chi connectivity index (χ2v) is 8.12. The van der Waals surface area contributed by atoms with Crippen LogP contribution in [-0.4, -0.2) is 21.6 Å². The number of halogens is 1. The van der Waals surface area contributed by atoms with Crippen molar-refractivity contribution in [2.75, 3.05) is 13.2 Å². The molecule has 0 bridgehead atoms. The molecule has 4 nitrogen and oxygen atoms in total. The second kappa shape index (κ2) is 7.95. The molecule has 0 radical (unpaired) electrons. The van der Waals surface area contributed by atoms with E-state index in [0.717, 1.165) is 26.9 Å². The highest BCUT2D eigenvalue weighted by Crippen LogP contribution is 2.18. The standard InChI is InChI=1S/C17H20BrNO3S/c1-13-6-7-14(2)17(10-13)22-9-8-19-23(20,21)12-15-4-3-5-16(18)11-15/h3-7,10-11,19H,8-9,12H2,1-2H3. The molecule has 0 amide bonds. The number of hydrogen-bond donors (Lipinski definition) is 1. The van der Waals surface area contributed by atoms with Crippen molar-refractivity contribution in [3.63, 3.8) is 0 Å². The summed E-state index contributed by atoms with van der Waals surface area (Å²) in [5, 5.41) is 0. The van der Waals surface area contributed by atoms with Gasteiger partial charge in [-0.15, -0.1) is 0 Å². The highest BCUT2D eigenvalue weighted by molar-refractivity contribution is 9.10. The summed E-state index contributed by atoms with van der Waals surface area (Å²) in [6.45, 7) is 4.49. The Kier molecular flexibility index (Phi) is 6.21. The van der Waals surface area contributed by atoms with Crippen LogP contribution in [0.5, 0.6) is 5.75 Å². The molecule has 2 aromatic rings. The lowest BCUT2D eigenvalue weighted by Gasteiger charge is -2.11. The summed E-state index contributed by atoms with van der Waals surface area (Å²) in [7, 11) is -3.37. The number of sulfonamides is 1. The number of aryl methyl sites for hydroxylation is 2. The van der Waals surface area contributed by atoms with Gasteiger partial charge in [0.1, 0.15) is 12.4 Å². The van der Waals surface area contributed by atoms with Crippen LogP contribution in [0.3, 0.4) is 0 Å². The van der Waals surface area contributed by atoms with Gasteiger partial charge in [0.15, 0.2) is 0 Å². The summed E-state index contributed by atoms with van der Waals surface area (Å²) in [4.78, 5) is 0. The molecule has 0 atom stereocenters. The summed E-state index contributed by atoms with van der Waals surface area (Å²) in [6, 6.07) is 13.2. The van der Waals surface area contributed by atoms with Gasteiger partial charge in [-0.05, 0) is 48.7 Å². The number of rotatable bonds is 7. The van der Waals surface area contributed by atoms with Gasteiger partial charge in [-0.1, -0.05) is 40.2 Å². The van der Waals surface area contributed by atoms with Gasteiger partial charge in [0.25, 0.3) is 0 Å². The fraction of sp³-hybridized carbons (Fsp3) is 0.294. The molecule has 0 saturated carbocycles. The van der Waals surface area contributed by atoms with Crippen LogP contribution in [0, 0.1) is 13.8 Å². The van der Waals surface area contributed by atoms with Crippen molar-refractivity contribution in [3.05, 3.63) is 63.6 Å². The zero-order valence-corrected chi connectivity index (χ0v) is 15.6. The summed E-state index contributed by atoms with van der Waals surface area (Å²) in [5.41, 5.74) is 2.88. The topological polar surface area (TPSA) is 55.4 Å². The van der Waals surface area contributed by atoms with Gasteiger partial charge in [0, 0.05) is 11.0 Å². The molecule has 0 aliphatic rings. The summed E-state index contributed by atoms with van der Waals surface area (Å²) in [6.07, 6.45) is 0. The zero-order valence-electron chi connectivity index (χ0n) is 13.2. The number of benzene rings is 2. The minimum Gasteiger partial charge on any atom is -0.492 e. The van der Waals surface area contributed by atoms with Crippen molar-refractivity contribution in [3.8, 4) is 5.75 Å². The number of nitrogens with one attached hydrogen (secondary N) is 1. The highest BCUT2D eigenvalue weighted by Gasteiger charge is 2.11. The van der Waals surface area contributed by atoms with Crippen molar-refractivity contribution in [2.45, 2.75) is 19.6 Å². The SMILES string of the molecule is Cc1ccc(C)c(OCCNS(=O)(=O)Cc2cccc(Br)c2)c1. The van der Waals surface area contributed by atoms with E-state index in [1.54, 1.807) is 12.1 Å². The van der Waals surface area contributed by atoms with Crippen LogP contribution < -0.4 is 9.46 Å². The molecule has 6 heteroatoms. The molecular formula is C17H20BrNO3S. The third-order valence-electron chi connectivity index (χ3n) is 3.27. The molecule has 0 aliphatic carbocycles. The highest BCUT2D eigenvalue weighted by atomic mass is 79.9. The van der Waals surface area contributed by atoms with Crippen LogP contribution >= 0.6 is 15.9 Å². The van der Waals surface area contributed by atoms with Gasteiger partial charge in [-0.25, -0.2) is 13.1 Å². The molecular weight excluding hydrogens is 378 g/mol. The van der Waals surface area contributed by atoms with Crippen LogP contribution in [0.15, 0.2) is 46.9 Å². The lowest BCUT2D eigenvalue weighted by atomic mass is 10.1. The Bertz CT molecular complexity index is 775. The predicted molar refractivity (Wildman–Crippen MR) is 96.2 cm³/mol. The third kappa shape index (κ3) is 5.97. The molecule has 0 fully saturated rings. The predicted octanol–water partition coefficient (Wildman–Crippen LogP) is 3.56. The minimum atomic E-state index is -3.37. The molecule has 1 N–H and O–H groups in total. The van der Waals surface area contributed by atoms with Crippen molar-refractivity contribution in [1.29, 1.82) is 0 Å². The Morgan fingerprint density at radius 2 is 1.91 bits per heavy atom. The Hall–Kier alpha value is -1.37. The Labute approximate surface area is 146 Å². The van der Waals surface area contributed by atoms with Crippen molar-refractivity contribution in [1.82, 2.24) is 4.72 Å². The average Bonchev–Trinajstić information content (AvgIpc) is 2.46. The monoisotopic (exact) mass is 397 g/mol. The Morgan fingerprint density at radius 1 is 1.13 bits per heavy atom. The first-order valence-electron chi connectivity index (χ1n) is 7.27. The first-order valence-corrected chi connectivity index (χ1v) is 9.72. The fourth-order valence-corrected chi connectivity index (χ4v) is 3.68. The van der Waals surface area contributed by atoms with Gasteiger partial charge in [-0.2, -0.15) is 0 Å². The van der Waals surface area contributed by atoms with Gasteiger partial charge < -0.3 is 4.74 Å². The molecule has 0 spiro atoms. The Morgan fingerprint density at radius 3 is 2.65 bits per heavy atom. The Balaban J connectivity index is 1.84. The van der Waals surface area contributed by atoms with E-state index < -0.39 is 10.0 Å². The lowest BCUT2D eigenvalue weighted by Crippen LogP contribution is -2.29. The summed E-state index contributed by atoms with van der Waals surface area (Å²) >= 11 is 3.34. The molecule has 0 aromatic heterocycles.